The number of anilines is 1. The van der Waals surface area contributed by atoms with Gasteiger partial charge in [-0.05, 0) is 48.1 Å². The first-order chi connectivity index (χ1) is 12.2. The smallest absolute Gasteiger partial charge is 0.227 e. The molecule has 0 saturated carbocycles. The molecule has 1 amide bonds. The molecule has 7 heteroatoms. The maximum absolute atomic E-state index is 13.4. The van der Waals surface area contributed by atoms with E-state index in [-0.39, 0.29) is 18.1 Å². The van der Waals surface area contributed by atoms with Gasteiger partial charge < -0.3 is 9.42 Å². The lowest BCUT2D eigenvalue weighted by Crippen LogP contribution is -2.35. The number of benzene rings is 1. The summed E-state index contributed by atoms with van der Waals surface area (Å²) < 4.78 is 18.6. The fourth-order valence-electron chi connectivity index (χ4n) is 3.04. The Bertz CT molecular complexity index is 892. The van der Waals surface area contributed by atoms with E-state index < -0.39 is 0 Å². The Morgan fingerprint density at radius 1 is 1.36 bits per heavy atom. The van der Waals surface area contributed by atoms with Crippen LogP contribution in [0, 0.1) is 5.82 Å². The normalized spacial score (nSPS) is 13.7. The number of aryl methyl sites for hydroxylation is 2. The van der Waals surface area contributed by atoms with Crippen molar-refractivity contribution in [3.8, 4) is 10.7 Å². The summed E-state index contributed by atoms with van der Waals surface area (Å²) in [5.74, 6) is 0.729. The van der Waals surface area contributed by atoms with Gasteiger partial charge in [0.25, 0.3) is 0 Å². The summed E-state index contributed by atoms with van der Waals surface area (Å²) in [5, 5.41) is 5.90. The molecule has 0 radical (unpaired) electrons. The van der Waals surface area contributed by atoms with Gasteiger partial charge in [-0.2, -0.15) is 4.98 Å². The molecular formula is C18H16FN3O2S. The van der Waals surface area contributed by atoms with Gasteiger partial charge in [-0.1, -0.05) is 11.2 Å². The Balaban J connectivity index is 1.43. The summed E-state index contributed by atoms with van der Waals surface area (Å²) in [5.41, 5.74) is 1.69. The van der Waals surface area contributed by atoms with Crippen molar-refractivity contribution in [3.63, 3.8) is 0 Å². The molecule has 0 bridgehead atoms. The topological polar surface area (TPSA) is 59.2 Å². The minimum atomic E-state index is -0.264. The average Bonchev–Trinajstić information content (AvgIpc) is 3.30. The number of hydrogen-bond donors (Lipinski definition) is 0. The van der Waals surface area contributed by atoms with Gasteiger partial charge in [-0.15, -0.1) is 11.3 Å². The summed E-state index contributed by atoms with van der Waals surface area (Å²) in [4.78, 5) is 19.6. The first-order valence-corrected chi connectivity index (χ1v) is 9.04. The van der Waals surface area contributed by atoms with Crippen molar-refractivity contribution in [2.75, 3.05) is 11.4 Å². The molecule has 2 aromatic heterocycles. The van der Waals surface area contributed by atoms with E-state index in [1.165, 1.54) is 23.5 Å². The third kappa shape index (κ3) is 3.32. The van der Waals surface area contributed by atoms with E-state index in [2.05, 4.69) is 10.1 Å². The second-order valence-electron chi connectivity index (χ2n) is 5.91. The second-order valence-corrected chi connectivity index (χ2v) is 6.86. The Labute approximate surface area is 148 Å². The van der Waals surface area contributed by atoms with Crippen molar-refractivity contribution in [1.82, 2.24) is 10.1 Å². The highest BCUT2D eigenvalue weighted by Gasteiger charge is 2.23. The van der Waals surface area contributed by atoms with E-state index in [9.17, 15) is 9.18 Å². The van der Waals surface area contributed by atoms with Crippen molar-refractivity contribution in [2.24, 2.45) is 0 Å². The predicted octanol–water partition coefficient (Wildman–Crippen LogP) is 3.85. The van der Waals surface area contributed by atoms with Crippen LogP contribution >= 0.6 is 11.3 Å². The van der Waals surface area contributed by atoms with E-state index in [4.69, 9.17) is 4.52 Å². The van der Waals surface area contributed by atoms with E-state index in [1.807, 2.05) is 17.5 Å². The van der Waals surface area contributed by atoms with Crippen LogP contribution in [0.15, 0.2) is 40.2 Å². The molecule has 0 aliphatic carbocycles. The zero-order valence-corrected chi connectivity index (χ0v) is 14.3. The highest BCUT2D eigenvalue weighted by molar-refractivity contribution is 7.13. The van der Waals surface area contributed by atoms with Crippen LogP contribution in [0.25, 0.3) is 10.7 Å². The van der Waals surface area contributed by atoms with Crippen molar-refractivity contribution in [2.45, 2.75) is 25.7 Å². The minimum Gasteiger partial charge on any atom is -0.339 e. The zero-order valence-electron chi connectivity index (χ0n) is 13.4. The Kier molecular flexibility index (Phi) is 4.31. The van der Waals surface area contributed by atoms with E-state index >= 15 is 0 Å². The van der Waals surface area contributed by atoms with Gasteiger partial charge in [0, 0.05) is 25.1 Å². The van der Waals surface area contributed by atoms with Crippen LogP contribution in [0.2, 0.25) is 0 Å². The third-order valence-electron chi connectivity index (χ3n) is 4.22. The maximum atomic E-state index is 13.4. The van der Waals surface area contributed by atoms with Gasteiger partial charge in [0.1, 0.15) is 5.82 Å². The molecule has 3 heterocycles. The predicted molar refractivity (Wildman–Crippen MR) is 93.0 cm³/mol. The summed E-state index contributed by atoms with van der Waals surface area (Å²) in [6.45, 7) is 0.655. The standard InChI is InChI=1S/C18H16FN3O2S/c19-13-5-6-14-12(11-13)3-1-9-22(14)17(23)8-7-16-20-18(21-24-16)15-4-2-10-25-15/h2,4-6,10-11H,1,3,7-9H2. The van der Waals surface area contributed by atoms with Crippen LogP contribution in [0.3, 0.4) is 0 Å². The van der Waals surface area contributed by atoms with Gasteiger partial charge >= 0.3 is 0 Å². The molecule has 1 aliphatic rings. The number of fused-ring (bicyclic) bond motifs is 1. The first kappa shape index (κ1) is 16.0. The Hall–Kier alpha value is -2.54. The fraction of sp³-hybridized carbons (Fsp3) is 0.278. The second kappa shape index (κ2) is 6.76. The van der Waals surface area contributed by atoms with E-state index in [1.54, 1.807) is 11.0 Å². The number of aromatic nitrogens is 2. The molecule has 5 nitrogen and oxygen atoms in total. The number of nitrogens with zero attached hydrogens (tertiary/aromatic N) is 3. The first-order valence-electron chi connectivity index (χ1n) is 8.16. The van der Waals surface area contributed by atoms with Crippen LogP contribution in [0.5, 0.6) is 0 Å². The Morgan fingerprint density at radius 2 is 2.28 bits per heavy atom. The number of carbonyl (C=O) groups excluding carboxylic acids is 1. The van der Waals surface area contributed by atoms with Crippen molar-refractivity contribution in [3.05, 3.63) is 53.0 Å². The largest absolute Gasteiger partial charge is 0.339 e. The highest BCUT2D eigenvalue weighted by atomic mass is 32.1. The molecule has 128 valence electrons. The maximum Gasteiger partial charge on any atom is 0.227 e. The summed E-state index contributed by atoms with van der Waals surface area (Å²) in [7, 11) is 0. The fourth-order valence-corrected chi connectivity index (χ4v) is 3.69. The third-order valence-corrected chi connectivity index (χ3v) is 5.09. The number of carbonyl (C=O) groups is 1. The molecular weight excluding hydrogens is 341 g/mol. The van der Waals surface area contributed by atoms with Gasteiger partial charge in [-0.3, -0.25) is 4.79 Å². The molecule has 0 saturated heterocycles. The zero-order chi connectivity index (χ0) is 17.2. The van der Waals surface area contributed by atoms with Crippen LogP contribution in [-0.4, -0.2) is 22.6 Å². The lowest BCUT2D eigenvalue weighted by molar-refractivity contribution is -0.118. The van der Waals surface area contributed by atoms with Crippen LogP contribution in [0.1, 0.15) is 24.3 Å². The van der Waals surface area contributed by atoms with E-state index in [0.29, 0.717) is 24.7 Å². The summed E-state index contributed by atoms with van der Waals surface area (Å²) in [6, 6.07) is 8.45. The molecule has 0 spiro atoms. The van der Waals surface area contributed by atoms with Crippen molar-refractivity contribution < 1.29 is 13.7 Å². The SMILES string of the molecule is O=C(CCc1nc(-c2cccs2)no1)N1CCCc2cc(F)ccc21. The molecule has 0 fully saturated rings. The molecule has 1 aliphatic heterocycles. The van der Waals surface area contributed by atoms with Gasteiger partial charge in [0.05, 0.1) is 4.88 Å². The Morgan fingerprint density at radius 3 is 3.12 bits per heavy atom. The van der Waals surface area contributed by atoms with Crippen molar-refractivity contribution >= 4 is 22.9 Å². The quantitative estimate of drug-likeness (QED) is 0.712. The van der Waals surface area contributed by atoms with Crippen molar-refractivity contribution in [1.29, 1.82) is 0 Å². The number of rotatable bonds is 4. The van der Waals surface area contributed by atoms with Gasteiger partial charge in [0.2, 0.25) is 17.6 Å². The lowest BCUT2D eigenvalue weighted by atomic mass is 10.0. The molecule has 0 N–H and O–H groups in total. The van der Waals surface area contributed by atoms with Gasteiger partial charge in [-0.25, -0.2) is 4.39 Å². The highest BCUT2D eigenvalue weighted by Crippen LogP contribution is 2.28. The number of thiophene rings is 1. The molecule has 0 unspecified atom stereocenters. The number of hydrogen-bond acceptors (Lipinski definition) is 5. The molecule has 3 aromatic rings. The molecule has 25 heavy (non-hydrogen) atoms. The van der Waals surface area contributed by atoms with Crippen LogP contribution < -0.4 is 4.90 Å². The molecule has 0 atom stereocenters. The molecule has 1 aromatic carbocycles. The minimum absolute atomic E-state index is 0.0107. The number of halogens is 1. The summed E-state index contributed by atoms with van der Waals surface area (Å²) in [6.07, 6.45) is 2.31. The monoisotopic (exact) mass is 357 g/mol. The lowest BCUT2D eigenvalue weighted by Gasteiger charge is -2.29. The van der Waals surface area contributed by atoms with E-state index in [0.717, 1.165) is 29.0 Å². The van der Waals surface area contributed by atoms with Crippen LogP contribution in [-0.2, 0) is 17.6 Å². The number of amides is 1. The van der Waals surface area contributed by atoms with Gasteiger partial charge in [0.15, 0.2) is 0 Å². The average molecular weight is 357 g/mol. The summed E-state index contributed by atoms with van der Waals surface area (Å²) >= 11 is 1.54. The van der Waals surface area contributed by atoms with Crippen LogP contribution in [0.4, 0.5) is 10.1 Å². The molecule has 4 rings (SSSR count).